The van der Waals surface area contributed by atoms with Crippen LogP contribution >= 0.6 is 11.6 Å². The zero-order valence-electron chi connectivity index (χ0n) is 13.9. The van der Waals surface area contributed by atoms with Gasteiger partial charge in [-0.1, -0.05) is 60.1 Å². The SMILES string of the molecule is O=C(COc1cccc2ccccc12)NNC(=O)Cc1ccc(Cl)cc1. The molecular weight excluding hydrogens is 352 g/mol. The van der Waals surface area contributed by atoms with Crippen LogP contribution in [0, 0.1) is 0 Å². The molecule has 0 aliphatic heterocycles. The van der Waals surface area contributed by atoms with Crippen molar-refractivity contribution < 1.29 is 14.3 Å². The molecule has 0 spiro atoms. The predicted octanol–water partition coefficient (Wildman–Crippen LogP) is 3.26. The first-order valence-electron chi connectivity index (χ1n) is 8.04. The van der Waals surface area contributed by atoms with Crippen molar-refractivity contribution in [3.05, 3.63) is 77.3 Å². The quantitative estimate of drug-likeness (QED) is 0.679. The maximum Gasteiger partial charge on any atom is 0.276 e. The minimum absolute atomic E-state index is 0.141. The van der Waals surface area contributed by atoms with Crippen molar-refractivity contribution in [3.63, 3.8) is 0 Å². The van der Waals surface area contributed by atoms with Crippen molar-refractivity contribution in [2.45, 2.75) is 6.42 Å². The van der Waals surface area contributed by atoms with Gasteiger partial charge in [-0.15, -0.1) is 0 Å². The van der Waals surface area contributed by atoms with E-state index in [0.29, 0.717) is 10.8 Å². The lowest BCUT2D eigenvalue weighted by molar-refractivity contribution is -0.129. The fraction of sp³-hybridized carbons (Fsp3) is 0.100. The molecule has 2 amide bonds. The fourth-order valence-corrected chi connectivity index (χ4v) is 2.60. The molecule has 3 aromatic rings. The number of rotatable bonds is 5. The summed E-state index contributed by atoms with van der Waals surface area (Å²) in [5.74, 6) is -0.154. The molecule has 0 heterocycles. The number of amides is 2. The number of hydrogen-bond donors (Lipinski definition) is 2. The van der Waals surface area contributed by atoms with Gasteiger partial charge in [0, 0.05) is 10.4 Å². The summed E-state index contributed by atoms with van der Waals surface area (Å²) in [6, 6.07) is 20.3. The van der Waals surface area contributed by atoms with Crippen LogP contribution in [0.3, 0.4) is 0 Å². The van der Waals surface area contributed by atoms with Crippen molar-refractivity contribution >= 4 is 34.2 Å². The van der Waals surface area contributed by atoms with E-state index in [2.05, 4.69) is 10.9 Å². The Kier molecular flexibility index (Phi) is 5.71. The third-order valence-electron chi connectivity index (χ3n) is 3.73. The Labute approximate surface area is 155 Å². The molecule has 2 N–H and O–H groups in total. The number of nitrogens with one attached hydrogen (secondary N) is 2. The van der Waals surface area contributed by atoms with Gasteiger partial charge in [0.15, 0.2) is 6.61 Å². The van der Waals surface area contributed by atoms with E-state index in [-0.39, 0.29) is 18.9 Å². The number of carbonyl (C=O) groups is 2. The summed E-state index contributed by atoms with van der Waals surface area (Å²) in [6.07, 6.45) is 0.141. The standard InChI is InChI=1S/C20H17ClN2O3/c21-16-10-8-14(9-11-16)12-19(24)22-23-20(25)13-26-18-7-3-5-15-4-1-2-6-17(15)18/h1-11H,12-13H2,(H,22,24)(H,23,25). The van der Waals surface area contributed by atoms with Crippen LogP contribution in [-0.2, 0) is 16.0 Å². The lowest BCUT2D eigenvalue weighted by atomic mass is 10.1. The normalized spacial score (nSPS) is 10.3. The molecule has 3 aromatic carbocycles. The molecule has 0 saturated heterocycles. The molecule has 5 nitrogen and oxygen atoms in total. The van der Waals surface area contributed by atoms with Crippen LogP contribution in [0.2, 0.25) is 5.02 Å². The topological polar surface area (TPSA) is 67.4 Å². The van der Waals surface area contributed by atoms with E-state index in [4.69, 9.17) is 16.3 Å². The lowest BCUT2D eigenvalue weighted by Crippen LogP contribution is -2.44. The van der Waals surface area contributed by atoms with E-state index in [0.717, 1.165) is 16.3 Å². The lowest BCUT2D eigenvalue weighted by Gasteiger charge is -2.10. The first kappa shape index (κ1) is 17.8. The molecule has 0 unspecified atom stereocenters. The molecule has 132 valence electrons. The van der Waals surface area contributed by atoms with Gasteiger partial charge in [-0.25, -0.2) is 0 Å². The Morgan fingerprint density at radius 1 is 0.846 bits per heavy atom. The van der Waals surface area contributed by atoms with Gasteiger partial charge in [-0.3, -0.25) is 20.4 Å². The second kappa shape index (κ2) is 8.36. The van der Waals surface area contributed by atoms with Gasteiger partial charge in [0.05, 0.1) is 6.42 Å². The Balaban J connectivity index is 1.48. The minimum atomic E-state index is -0.442. The van der Waals surface area contributed by atoms with Gasteiger partial charge in [-0.05, 0) is 29.1 Å². The van der Waals surface area contributed by atoms with Gasteiger partial charge in [0.1, 0.15) is 5.75 Å². The fourth-order valence-electron chi connectivity index (χ4n) is 2.47. The van der Waals surface area contributed by atoms with Crippen molar-refractivity contribution in [3.8, 4) is 5.75 Å². The van der Waals surface area contributed by atoms with Gasteiger partial charge in [0.25, 0.3) is 5.91 Å². The first-order chi connectivity index (χ1) is 12.6. The largest absolute Gasteiger partial charge is 0.483 e. The van der Waals surface area contributed by atoms with Gasteiger partial charge in [-0.2, -0.15) is 0 Å². The Morgan fingerprint density at radius 2 is 1.54 bits per heavy atom. The highest BCUT2D eigenvalue weighted by Crippen LogP contribution is 2.24. The molecule has 0 aliphatic carbocycles. The van der Waals surface area contributed by atoms with Crippen LogP contribution in [-0.4, -0.2) is 18.4 Å². The summed E-state index contributed by atoms with van der Waals surface area (Å²) >= 11 is 5.80. The highest BCUT2D eigenvalue weighted by Gasteiger charge is 2.08. The Bertz CT molecular complexity index is 920. The predicted molar refractivity (Wildman–Crippen MR) is 101 cm³/mol. The molecule has 0 fully saturated rings. The second-order valence-electron chi connectivity index (χ2n) is 5.67. The van der Waals surface area contributed by atoms with Crippen molar-refractivity contribution in [2.24, 2.45) is 0 Å². The molecule has 0 aliphatic rings. The average Bonchev–Trinajstić information content (AvgIpc) is 2.66. The maximum atomic E-state index is 11.9. The van der Waals surface area contributed by atoms with E-state index in [1.807, 2.05) is 36.4 Å². The Hall–Kier alpha value is -3.05. The van der Waals surface area contributed by atoms with Crippen LogP contribution in [0.5, 0.6) is 5.75 Å². The number of halogens is 1. The maximum absolute atomic E-state index is 11.9. The summed E-state index contributed by atoms with van der Waals surface area (Å²) in [5.41, 5.74) is 5.51. The van der Waals surface area contributed by atoms with Gasteiger partial charge in [0.2, 0.25) is 5.91 Å². The van der Waals surface area contributed by atoms with Crippen LogP contribution in [0.25, 0.3) is 10.8 Å². The number of ether oxygens (including phenoxy) is 1. The highest BCUT2D eigenvalue weighted by molar-refractivity contribution is 6.30. The zero-order chi connectivity index (χ0) is 18.4. The summed E-state index contributed by atoms with van der Waals surface area (Å²) in [4.78, 5) is 23.7. The number of fused-ring (bicyclic) bond motifs is 1. The first-order valence-corrected chi connectivity index (χ1v) is 8.42. The molecule has 0 atom stereocenters. The van der Waals surface area contributed by atoms with E-state index >= 15 is 0 Å². The molecule has 3 rings (SSSR count). The van der Waals surface area contributed by atoms with E-state index in [9.17, 15) is 9.59 Å². The highest BCUT2D eigenvalue weighted by atomic mass is 35.5. The van der Waals surface area contributed by atoms with Crippen molar-refractivity contribution in [2.75, 3.05) is 6.61 Å². The molecular formula is C20H17ClN2O3. The van der Waals surface area contributed by atoms with Crippen LogP contribution in [0.1, 0.15) is 5.56 Å². The monoisotopic (exact) mass is 368 g/mol. The molecule has 6 heteroatoms. The molecule has 0 saturated carbocycles. The van der Waals surface area contributed by atoms with E-state index in [1.165, 1.54) is 0 Å². The summed E-state index contributed by atoms with van der Waals surface area (Å²) in [7, 11) is 0. The van der Waals surface area contributed by atoms with Crippen LogP contribution in [0.15, 0.2) is 66.7 Å². The van der Waals surface area contributed by atoms with Gasteiger partial charge >= 0.3 is 0 Å². The molecule has 0 radical (unpaired) electrons. The summed E-state index contributed by atoms with van der Waals surface area (Å²) < 4.78 is 5.57. The number of benzene rings is 3. The molecule has 26 heavy (non-hydrogen) atoms. The third kappa shape index (κ3) is 4.74. The smallest absolute Gasteiger partial charge is 0.276 e. The Morgan fingerprint density at radius 3 is 2.35 bits per heavy atom. The van der Waals surface area contributed by atoms with Crippen LogP contribution < -0.4 is 15.6 Å². The number of hydrazine groups is 1. The molecule has 0 bridgehead atoms. The zero-order valence-corrected chi connectivity index (χ0v) is 14.6. The third-order valence-corrected chi connectivity index (χ3v) is 3.98. The number of hydrogen-bond acceptors (Lipinski definition) is 3. The minimum Gasteiger partial charge on any atom is -0.483 e. The average molecular weight is 369 g/mol. The van der Waals surface area contributed by atoms with Gasteiger partial charge < -0.3 is 4.74 Å². The van der Waals surface area contributed by atoms with E-state index in [1.54, 1.807) is 30.3 Å². The number of carbonyl (C=O) groups excluding carboxylic acids is 2. The van der Waals surface area contributed by atoms with Crippen LogP contribution in [0.4, 0.5) is 0 Å². The second-order valence-corrected chi connectivity index (χ2v) is 6.10. The van der Waals surface area contributed by atoms with E-state index < -0.39 is 5.91 Å². The van der Waals surface area contributed by atoms with Crippen molar-refractivity contribution in [1.82, 2.24) is 10.9 Å². The summed E-state index contributed by atoms with van der Waals surface area (Å²) in [5, 5.41) is 2.56. The molecule has 0 aromatic heterocycles. The van der Waals surface area contributed by atoms with Crippen molar-refractivity contribution in [1.29, 1.82) is 0 Å². The summed E-state index contributed by atoms with van der Waals surface area (Å²) in [6.45, 7) is -0.199.